The molecular formula is C8H9N5OS. The summed E-state index contributed by atoms with van der Waals surface area (Å²) >= 11 is 1.14. The van der Waals surface area contributed by atoms with Crippen LogP contribution in [-0.2, 0) is 0 Å². The predicted molar refractivity (Wildman–Crippen MR) is 55.9 cm³/mol. The molecule has 0 radical (unpaired) electrons. The van der Waals surface area contributed by atoms with Gasteiger partial charge in [0.25, 0.3) is 5.91 Å². The molecule has 0 spiro atoms. The van der Waals surface area contributed by atoms with E-state index < -0.39 is 0 Å². The molecule has 78 valence electrons. The number of aryl methyl sites for hydroxylation is 2. The van der Waals surface area contributed by atoms with Crippen molar-refractivity contribution in [2.45, 2.75) is 13.8 Å². The lowest BCUT2D eigenvalue weighted by Gasteiger charge is -2.01. The number of H-pyrrole nitrogens is 1. The molecule has 0 atom stereocenters. The van der Waals surface area contributed by atoms with Crippen LogP contribution in [0.1, 0.15) is 21.9 Å². The predicted octanol–water partition coefficient (Wildman–Crippen LogP) is 1.13. The van der Waals surface area contributed by atoms with E-state index in [0.717, 1.165) is 22.9 Å². The molecule has 0 aromatic carbocycles. The highest BCUT2D eigenvalue weighted by Gasteiger charge is 2.13. The standard InChI is InChI=1S/C8H9N5OS/c1-4-7(5(2)11-10-4)9-8(14)6-3-15-13-12-6/h3H,1-2H3,(H,9,14)(H,10,11). The summed E-state index contributed by atoms with van der Waals surface area (Å²) < 4.78 is 3.62. The lowest BCUT2D eigenvalue weighted by Crippen LogP contribution is -2.13. The quantitative estimate of drug-likeness (QED) is 0.799. The normalized spacial score (nSPS) is 10.3. The smallest absolute Gasteiger partial charge is 0.277 e. The van der Waals surface area contributed by atoms with Crippen LogP contribution in [0.5, 0.6) is 0 Å². The summed E-state index contributed by atoms with van der Waals surface area (Å²) in [6.45, 7) is 3.66. The summed E-state index contributed by atoms with van der Waals surface area (Å²) in [6, 6.07) is 0. The van der Waals surface area contributed by atoms with Crippen molar-refractivity contribution in [3.63, 3.8) is 0 Å². The second-order valence-corrected chi connectivity index (χ2v) is 3.66. The fraction of sp³-hybridized carbons (Fsp3) is 0.250. The molecule has 7 heteroatoms. The van der Waals surface area contributed by atoms with E-state index in [2.05, 4.69) is 25.1 Å². The van der Waals surface area contributed by atoms with E-state index in [0.29, 0.717) is 11.4 Å². The second kappa shape index (κ2) is 3.77. The van der Waals surface area contributed by atoms with Crippen LogP contribution < -0.4 is 5.32 Å². The third-order valence-electron chi connectivity index (χ3n) is 1.96. The van der Waals surface area contributed by atoms with E-state index in [9.17, 15) is 4.79 Å². The fourth-order valence-corrected chi connectivity index (χ4v) is 1.61. The van der Waals surface area contributed by atoms with Crippen molar-refractivity contribution in [2.24, 2.45) is 0 Å². The molecule has 6 nitrogen and oxygen atoms in total. The molecule has 0 saturated carbocycles. The molecule has 0 bridgehead atoms. The molecule has 0 aliphatic heterocycles. The van der Waals surface area contributed by atoms with Crippen molar-refractivity contribution in [2.75, 3.05) is 5.32 Å². The topological polar surface area (TPSA) is 83.6 Å². The Morgan fingerprint density at radius 2 is 2.33 bits per heavy atom. The largest absolute Gasteiger partial charge is 0.317 e. The summed E-state index contributed by atoms with van der Waals surface area (Å²) in [5.41, 5.74) is 2.60. The van der Waals surface area contributed by atoms with Gasteiger partial charge in [0, 0.05) is 5.38 Å². The Labute approximate surface area is 89.9 Å². The second-order valence-electron chi connectivity index (χ2n) is 3.05. The van der Waals surface area contributed by atoms with Crippen LogP contribution in [0.3, 0.4) is 0 Å². The molecule has 0 unspecified atom stereocenters. The number of carbonyl (C=O) groups excluding carboxylic acids is 1. The number of nitrogens with one attached hydrogen (secondary N) is 2. The van der Waals surface area contributed by atoms with Crippen LogP contribution in [0.2, 0.25) is 0 Å². The van der Waals surface area contributed by atoms with Crippen molar-refractivity contribution < 1.29 is 4.79 Å². The summed E-state index contributed by atoms with van der Waals surface area (Å²) in [5.74, 6) is -0.267. The molecule has 0 aliphatic carbocycles. The molecule has 2 aromatic heterocycles. The highest BCUT2D eigenvalue weighted by molar-refractivity contribution is 7.03. The number of anilines is 1. The highest BCUT2D eigenvalue weighted by Crippen LogP contribution is 2.16. The molecule has 2 heterocycles. The fourth-order valence-electron chi connectivity index (χ4n) is 1.18. The Bertz CT molecular complexity index is 456. The van der Waals surface area contributed by atoms with Crippen LogP contribution in [-0.4, -0.2) is 25.7 Å². The van der Waals surface area contributed by atoms with Crippen molar-refractivity contribution in [3.8, 4) is 0 Å². The number of hydrogen-bond donors (Lipinski definition) is 2. The van der Waals surface area contributed by atoms with E-state index in [1.165, 1.54) is 0 Å². The minimum atomic E-state index is -0.267. The number of hydrogen-bond acceptors (Lipinski definition) is 5. The molecule has 2 aromatic rings. The number of rotatable bonds is 2. The molecule has 2 N–H and O–H groups in total. The van der Waals surface area contributed by atoms with Gasteiger partial charge in [-0.05, 0) is 25.4 Å². The molecule has 0 aliphatic rings. The van der Waals surface area contributed by atoms with Crippen molar-refractivity contribution in [1.82, 2.24) is 19.8 Å². The van der Waals surface area contributed by atoms with E-state index in [-0.39, 0.29) is 5.91 Å². The van der Waals surface area contributed by atoms with Crippen LogP contribution in [0.15, 0.2) is 5.38 Å². The van der Waals surface area contributed by atoms with Crippen molar-refractivity contribution in [3.05, 3.63) is 22.5 Å². The van der Waals surface area contributed by atoms with Gasteiger partial charge in [0.2, 0.25) is 0 Å². The van der Waals surface area contributed by atoms with Crippen molar-refractivity contribution in [1.29, 1.82) is 0 Å². The SMILES string of the molecule is Cc1n[nH]c(C)c1NC(=O)c1csnn1. The van der Waals surface area contributed by atoms with Crippen molar-refractivity contribution >= 4 is 23.1 Å². The molecule has 1 amide bonds. The third-order valence-corrected chi connectivity index (χ3v) is 2.46. The van der Waals surface area contributed by atoms with Gasteiger partial charge in [-0.15, -0.1) is 5.10 Å². The Kier molecular flexibility index (Phi) is 2.46. The monoisotopic (exact) mass is 223 g/mol. The molecular weight excluding hydrogens is 214 g/mol. The zero-order chi connectivity index (χ0) is 10.8. The number of amides is 1. The van der Waals surface area contributed by atoms with Crippen LogP contribution in [0, 0.1) is 13.8 Å². The number of aromatic amines is 1. The average molecular weight is 223 g/mol. The number of nitrogens with zero attached hydrogens (tertiary/aromatic N) is 3. The summed E-state index contributed by atoms with van der Waals surface area (Å²) in [7, 11) is 0. The highest BCUT2D eigenvalue weighted by atomic mass is 32.1. The molecule has 0 fully saturated rings. The maximum Gasteiger partial charge on any atom is 0.277 e. The Morgan fingerprint density at radius 3 is 2.87 bits per heavy atom. The van der Waals surface area contributed by atoms with Gasteiger partial charge in [0.05, 0.1) is 17.1 Å². The van der Waals surface area contributed by atoms with E-state index >= 15 is 0 Å². The Morgan fingerprint density at radius 1 is 1.53 bits per heavy atom. The van der Waals surface area contributed by atoms with Gasteiger partial charge in [0.1, 0.15) is 0 Å². The average Bonchev–Trinajstić information content (AvgIpc) is 2.82. The first-order valence-corrected chi connectivity index (χ1v) is 5.12. The number of carbonyl (C=O) groups is 1. The van der Waals surface area contributed by atoms with Crippen LogP contribution in [0.4, 0.5) is 5.69 Å². The zero-order valence-corrected chi connectivity index (χ0v) is 9.05. The van der Waals surface area contributed by atoms with Gasteiger partial charge < -0.3 is 5.32 Å². The zero-order valence-electron chi connectivity index (χ0n) is 8.24. The van der Waals surface area contributed by atoms with Gasteiger partial charge in [-0.1, -0.05) is 4.49 Å². The third kappa shape index (κ3) is 1.86. The Hall–Kier alpha value is -1.76. The summed E-state index contributed by atoms with van der Waals surface area (Å²) in [4.78, 5) is 11.6. The lowest BCUT2D eigenvalue weighted by atomic mass is 10.3. The molecule has 0 saturated heterocycles. The van der Waals surface area contributed by atoms with Gasteiger partial charge in [0.15, 0.2) is 5.69 Å². The van der Waals surface area contributed by atoms with E-state index in [1.807, 2.05) is 13.8 Å². The first kappa shape index (κ1) is 9.78. The summed E-state index contributed by atoms with van der Waals surface area (Å²) in [6.07, 6.45) is 0. The lowest BCUT2D eigenvalue weighted by molar-refractivity contribution is 0.102. The first-order valence-electron chi connectivity index (χ1n) is 4.28. The van der Waals surface area contributed by atoms with Crippen LogP contribution in [0.25, 0.3) is 0 Å². The van der Waals surface area contributed by atoms with Crippen LogP contribution >= 0.6 is 11.5 Å². The molecule has 2 rings (SSSR count). The first-order chi connectivity index (χ1) is 7.18. The minimum Gasteiger partial charge on any atom is -0.317 e. The summed E-state index contributed by atoms with van der Waals surface area (Å²) in [5, 5.41) is 14.8. The van der Waals surface area contributed by atoms with Gasteiger partial charge in [-0.3, -0.25) is 9.89 Å². The van der Waals surface area contributed by atoms with Gasteiger partial charge in [-0.25, -0.2) is 0 Å². The van der Waals surface area contributed by atoms with E-state index in [1.54, 1.807) is 5.38 Å². The number of aromatic nitrogens is 4. The molecule has 15 heavy (non-hydrogen) atoms. The van der Waals surface area contributed by atoms with Gasteiger partial charge in [-0.2, -0.15) is 5.10 Å². The van der Waals surface area contributed by atoms with Gasteiger partial charge >= 0.3 is 0 Å². The minimum absolute atomic E-state index is 0.267. The van der Waals surface area contributed by atoms with E-state index in [4.69, 9.17) is 0 Å². The maximum absolute atomic E-state index is 11.6. The Balaban J connectivity index is 2.20. The maximum atomic E-state index is 11.6.